The third-order valence-corrected chi connectivity index (χ3v) is 5.07. The van der Waals surface area contributed by atoms with E-state index in [2.05, 4.69) is 0 Å². The van der Waals surface area contributed by atoms with Gasteiger partial charge in [-0.3, -0.25) is 9.69 Å². The van der Waals surface area contributed by atoms with Crippen LogP contribution in [-0.2, 0) is 25.7 Å². The number of aliphatic hydroxyl groups excluding tert-OH is 1. The molecule has 0 spiro atoms. The number of aliphatic carboxylic acids is 1. The molecule has 0 aliphatic carbocycles. The first-order valence-electron chi connectivity index (χ1n) is 11.7. The molecule has 0 saturated heterocycles. The molecule has 0 saturated carbocycles. The lowest BCUT2D eigenvalue weighted by molar-refractivity contribution is -0.146. The molecule has 3 aromatic rings. The Morgan fingerprint density at radius 2 is 1.54 bits per heavy atom. The average Bonchev–Trinajstić information content (AvgIpc) is 2.86. The molecule has 4 N–H and O–H groups in total. The lowest BCUT2D eigenvalue weighted by Gasteiger charge is -2.31. The summed E-state index contributed by atoms with van der Waals surface area (Å²) in [6, 6.07) is 20.9. The zero-order valence-electron chi connectivity index (χ0n) is 21.5. The van der Waals surface area contributed by atoms with Crippen molar-refractivity contribution in [2.24, 2.45) is 5.73 Å². The minimum Gasteiger partial charge on any atom is -0.480 e. The van der Waals surface area contributed by atoms with Crippen molar-refractivity contribution < 1.29 is 34.1 Å². The highest BCUT2D eigenvalue weighted by Crippen LogP contribution is 2.26. The van der Waals surface area contributed by atoms with Crippen LogP contribution in [0, 0.1) is 0 Å². The first-order chi connectivity index (χ1) is 17.4. The Morgan fingerprint density at radius 1 is 0.946 bits per heavy atom. The highest BCUT2D eigenvalue weighted by Gasteiger charge is 2.32. The monoisotopic (exact) mass is 510 g/mol. The molecular weight excluding hydrogens is 476 g/mol. The number of nitrogens with two attached hydrogens (primary N) is 1. The van der Waals surface area contributed by atoms with E-state index >= 15 is 0 Å². The van der Waals surface area contributed by atoms with Gasteiger partial charge in [-0.05, 0) is 56.2 Å². The number of hydrogen-bond acceptors (Lipinski definition) is 7. The Hall–Kier alpha value is -3.95. The number of benzene rings is 3. The van der Waals surface area contributed by atoms with Crippen LogP contribution in [0.5, 0.6) is 0 Å². The number of carboxylic acid groups (broad SMARTS) is 1. The number of anilines is 1. The largest absolute Gasteiger partial charge is 0.480 e. The van der Waals surface area contributed by atoms with Gasteiger partial charge in [0.2, 0.25) is 0 Å². The summed E-state index contributed by atoms with van der Waals surface area (Å²) in [5, 5.41) is 17.9. The van der Waals surface area contributed by atoms with E-state index in [0.717, 1.165) is 16.3 Å². The van der Waals surface area contributed by atoms with Crippen molar-refractivity contribution >= 4 is 34.5 Å². The highest BCUT2D eigenvalue weighted by molar-refractivity contribution is 5.98. The fraction of sp³-hybridized carbons (Fsp3) is 0.321. The molecule has 0 aliphatic heterocycles. The van der Waals surface area contributed by atoms with Crippen molar-refractivity contribution in [3.05, 3.63) is 78.4 Å². The smallest absolute Gasteiger partial charge is 0.415 e. The summed E-state index contributed by atoms with van der Waals surface area (Å²) in [6.45, 7) is 6.66. The number of hydrogen-bond donors (Lipinski definition) is 3. The summed E-state index contributed by atoms with van der Waals surface area (Å²) in [5.74, 6) is -1.68. The van der Waals surface area contributed by atoms with E-state index < -0.39 is 42.3 Å². The summed E-state index contributed by atoms with van der Waals surface area (Å²) in [4.78, 5) is 36.8. The van der Waals surface area contributed by atoms with Crippen LogP contribution >= 0.6 is 0 Å². The molecule has 0 unspecified atom stereocenters. The predicted octanol–water partition coefficient (Wildman–Crippen LogP) is 4.10. The maximum absolute atomic E-state index is 13.0. The molecule has 0 heterocycles. The molecule has 0 bridgehead atoms. The number of amides is 1. The number of nitrogens with zero attached hydrogens (tertiary/aromatic N) is 1. The Labute approximate surface area is 216 Å². The van der Waals surface area contributed by atoms with Crippen molar-refractivity contribution in [2.75, 3.05) is 11.5 Å². The molecule has 0 aromatic heterocycles. The van der Waals surface area contributed by atoms with E-state index in [-0.39, 0.29) is 6.61 Å². The Bertz CT molecular complexity index is 1190. The van der Waals surface area contributed by atoms with Crippen LogP contribution in [0.15, 0.2) is 72.8 Å². The van der Waals surface area contributed by atoms with Crippen LogP contribution in [0.25, 0.3) is 10.8 Å². The van der Waals surface area contributed by atoms with Crippen molar-refractivity contribution in [2.45, 2.75) is 52.0 Å². The maximum Gasteiger partial charge on any atom is 0.415 e. The zero-order chi connectivity index (χ0) is 27.6. The standard InChI is InChI=1S/C25H27NO4.C3H7NO3/c1-18(23(27)29-17-19-10-6-5-7-11-19)26(24(28)30-25(2,3)4)22-15-14-20-12-8-9-13-21(20)16-22;4-2(1-5)3(6)7/h5-16,18H,17H2,1-4H3;2,5H,1,4H2,(H,6,7)/t18-;2-/m00/s1. The highest BCUT2D eigenvalue weighted by atomic mass is 16.6. The molecule has 0 fully saturated rings. The number of esters is 1. The van der Waals surface area contributed by atoms with E-state index in [9.17, 15) is 14.4 Å². The number of carboxylic acids is 1. The number of ether oxygens (including phenoxy) is 2. The molecule has 3 aromatic carbocycles. The average molecular weight is 511 g/mol. The Kier molecular flexibility index (Phi) is 10.6. The van der Waals surface area contributed by atoms with Crippen molar-refractivity contribution in [3.63, 3.8) is 0 Å². The van der Waals surface area contributed by atoms with Crippen molar-refractivity contribution in [1.29, 1.82) is 0 Å². The molecule has 9 nitrogen and oxygen atoms in total. The molecule has 198 valence electrons. The molecule has 0 radical (unpaired) electrons. The van der Waals surface area contributed by atoms with Crippen molar-refractivity contribution in [3.8, 4) is 0 Å². The zero-order valence-corrected chi connectivity index (χ0v) is 21.5. The van der Waals surface area contributed by atoms with E-state index in [1.54, 1.807) is 27.7 Å². The molecule has 9 heteroatoms. The molecule has 37 heavy (non-hydrogen) atoms. The van der Waals surface area contributed by atoms with Gasteiger partial charge in [0.25, 0.3) is 0 Å². The van der Waals surface area contributed by atoms with Crippen LogP contribution in [0.1, 0.15) is 33.3 Å². The molecule has 2 atom stereocenters. The van der Waals surface area contributed by atoms with Crippen LogP contribution < -0.4 is 10.6 Å². The third-order valence-electron chi connectivity index (χ3n) is 5.07. The maximum atomic E-state index is 13.0. The minimum absolute atomic E-state index is 0.143. The first-order valence-corrected chi connectivity index (χ1v) is 11.7. The fourth-order valence-electron chi connectivity index (χ4n) is 3.16. The van der Waals surface area contributed by atoms with Gasteiger partial charge in [-0.2, -0.15) is 0 Å². The van der Waals surface area contributed by atoms with Gasteiger partial charge in [-0.15, -0.1) is 0 Å². The van der Waals surface area contributed by atoms with Gasteiger partial charge in [0.05, 0.1) is 6.61 Å². The Morgan fingerprint density at radius 3 is 2.08 bits per heavy atom. The van der Waals surface area contributed by atoms with E-state index in [1.165, 1.54) is 4.90 Å². The van der Waals surface area contributed by atoms with Crippen LogP contribution in [0.2, 0.25) is 0 Å². The van der Waals surface area contributed by atoms with E-state index in [1.807, 2.05) is 72.8 Å². The van der Waals surface area contributed by atoms with E-state index in [0.29, 0.717) is 5.69 Å². The van der Waals surface area contributed by atoms with Gasteiger partial charge in [-0.1, -0.05) is 60.7 Å². The first kappa shape index (κ1) is 29.3. The topological polar surface area (TPSA) is 139 Å². The lowest BCUT2D eigenvalue weighted by atomic mass is 10.1. The Balaban J connectivity index is 0.000000604. The fourth-order valence-corrected chi connectivity index (χ4v) is 3.16. The number of fused-ring (bicyclic) bond motifs is 1. The second-order valence-corrected chi connectivity index (χ2v) is 9.28. The van der Waals surface area contributed by atoms with Gasteiger partial charge in [-0.25, -0.2) is 9.59 Å². The summed E-state index contributed by atoms with van der Waals surface area (Å²) in [7, 11) is 0. The number of aliphatic hydroxyl groups is 1. The van der Waals surface area contributed by atoms with Gasteiger partial charge < -0.3 is 25.4 Å². The molecule has 3 rings (SSSR count). The van der Waals surface area contributed by atoms with Crippen LogP contribution in [-0.4, -0.2) is 52.5 Å². The summed E-state index contributed by atoms with van der Waals surface area (Å²) < 4.78 is 11.1. The number of carbonyl (C=O) groups excluding carboxylic acids is 2. The molecule has 1 amide bonds. The van der Waals surface area contributed by atoms with Gasteiger partial charge in [0, 0.05) is 5.69 Å². The quantitative estimate of drug-likeness (QED) is 0.404. The summed E-state index contributed by atoms with van der Waals surface area (Å²) in [6.07, 6.45) is -0.595. The van der Waals surface area contributed by atoms with Crippen LogP contribution in [0.4, 0.5) is 10.5 Å². The third kappa shape index (κ3) is 9.21. The number of carbonyl (C=O) groups is 3. The molecular formula is C28H34N2O7. The second kappa shape index (κ2) is 13.4. The SMILES string of the molecule is C[C@@H](C(=O)OCc1ccccc1)N(C(=O)OC(C)(C)C)c1ccc2ccccc2c1.N[C@@H](CO)C(=O)O. The van der Waals surface area contributed by atoms with Crippen LogP contribution in [0.3, 0.4) is 0 Å². The molecule has 0 aliphatic rings. The normalized spacial score (nSPS) is 12.5. The van der Waals surface area contributed by atoms with Gasteiger partial charge in [0.15, 0.2) is 0 Å². The minimum atomic E-state index is -1.18. The summed E-state index contributed by atoms with van der Waals surface area (Å²) in [5.41, 5.74) is 5.53. The number of rotatable bonds is 7. The predicted molar refractivity (Wildman–Crippen MR) is 141 cm³/mol. The van der Waals surface area contributed by atoms with Crippen molar-refractivity contribution in [1.82, 2.24) is 0 Å². The van der Waals surface area contributed by atoms with Gasteiger partial charge in [0.1, 0.15) is 24.3 Å². The van der Waals surface area contributed by atoms with E-state index in [4.69, 9.17) is 25.4 Å². The van der Waals surface area contributed by atoms with Gasteiger partial charge >= 0.3 is 18.0 Å². The second-order valence-electron chi connectivity index (χ2n) is 9.28. The summed E-state index contributed by atoms with van der Waals surface area (Å²) >= 11 is 0. The lowest BCUT2D eigenvalue weighted by Crippen LogP contribution is -2.46.